The molecule has 5 nitrogen and oxygen atoms in total. The highest BCUT2D eigenvalue weighted by Gasteiger charge is 2.52. The lowest BCUT2D eigenvalue weighted by Crippen LogP contribution is -2.44. The molecule has 0 amide bonds. The van der Waals surface area contributed by atoms with Crippen LogP contribution in [0.3, 0.4) is 0 Å². The molecule has 2 heterocycles. The van der Waals surface area contributed by atoms with Crippen molar-refractivity contribution in [2.24, 2.45) is 0 Å². The Hall–Kier alpha value is -0.990. The van der Waals surface area contributed by atoms with Crippen LogP contribution in [0, 0.1) is 5.82 Å². The summed E-state index contributed by atoms with van der Waals surface area (Å²) in [6.07, 6.45) is 0.394. The predicted molar refractivity (Wildman–Crippen MR) is 71.7 cm³/mol. The van der Waals surface area contributed by atoms with Crippen molar-refractivity contribution in [2.45, 2.75) is 23.5 Å². The van der Waals surface area contributed by atoms with Crippen molar-refractivity contribution in [2.75, 3.05) is 12.3 Å². The van der Waals surface area contributed by atoms with E-state index in [-0.39, 0.29) is 18.1 Å². The molecule has 0 N–H and O–H groups in total. The van der Waals surface area contributed by atoms with Gasteiger partial charge in [-0.2, -0.15) is 4.31 Å². The molecule has 2 fully saturated rings. The van der Waals surface area contributed by atoms with Crippen LogP contribution in [0.5, 0.6) is 0 Å². The maximum atomic E-state index is 12.8. The Morgan fingerprint density at radius 3 is 2.40 bits per heavy atom. The topological polar surface area (TPSA) is 71.5 Å². The van der Waals surface area contributed by atoms with Crippen LogP contribution in [0.4, 0.5) is 4.39 Å². The van der Waals surface area contributed by atoms with Gasteiger partial charge in [0.1, 0.15) is 5.82 Å². The molecular weight excluding hydrogens is 305 g/mol. The number of sulfone groups is 1. The molecule has 2 aliphatic rings. The zero-order valence-electron chi connectivity index (χ0n) is 10.6. The number of halogens is 1. The van der Waals surface area contributed by atoms with Crippen LogP contribution in [-0.4, -0.2) is 44.7 Å². The Kier molecular flexibility index (Phi) is 3.15. The van der Waals surface area contributed by atoms with E-state index < -0.39 is 37.0 Å². The van der Waals surface area contributed by atoms with Gasteiger partial charge in [0.2, 0.25) is 10.0 Å². The number of benzene rings is 1. The van der Waals surface area contributed by atoms with Gasteiger partial charge in [-0.3, -0.25) is 0 Å². The van der Waals surface area contributed by atoms with Crippen LogP contribution in [0.2, 0.25) is 0 Å². The van der Waals surface area contributed by atoms with Gasteiger partial charge in [0.15, 0.2) is 9.84 Å². The Labute approximate surface area is 117 Å². The number of hydrogen-bond donors (Lipinski definition) is 0. The van der Waals surface area contributed by atoms with Crippen LogP contribution in [0.1, 0.15) is 12.0 Å². The molecule has 0 aliphatic carbocycles. The van der Waals surface area contributed by atoms with Gasteiger partial charge >= 0.3 is 0 Å². The molecule has 2 atom stereocenters. The molecule has 3 rings (SSSR count). The molecule has 2 bridgehead atoms. The van der Waals surface area contributed by atoms with Crippen LogP contribution < -0.4 is 0 Å². The standard InChI is InChI=1S/C12H14FNO4S2/c13-10-3-1-9(2-4-10)7-20(17,18)14-6-12-5-11(14)8-19(12,15)16/h1-4,11-12H,5-8H2. The van der Waals surface area contributed by atoms with Crippen molar-refractivity contribution in [3.8, 4) is 0 Å². The van der Waals surface area contributed by atoms with E-state index in [0.29, 0.717) is 12.0 Å². The zero-order valence-corrected chi connectivity index (χ0v) is 12.2. The number of hydrogen-bond acceptors (Lipinski definition) is 4. The van der Waals surface area contributed by atoms with Crippen LogP contribution in [-0.2, 0) is 25.6 Å². The predicted octanol–water partition coefficient (Wildman–Crippen LogP) is 0.527. The third-order valence-corrected chi connectivity index (χ3v) is 7.94. The molecule has 0 radical (unpaired) electrons. The highest BCUT2D eigenvalue weighted by molar-refractivity contribution is 7.93. The lowest BCUT2D eigenvalue weighted by molar-refractivity contribution is 0.402. The van der Waals surface area contributed by atoms with E-state index in [0.717, 1.165) is 0 Å². The molecule has 1 aromatic carbocycles. The zero-order chi connectivity index (χ0) is 14.5. The van der Waals surface area contributed by atoms with E-state index in [1.54, 1.807) is 0 Å². The summed E-state index contributed by atoms with van der Waals surface area (Å²) in [5, 5.41) is -0.560. The number of sulfonamides is 1. The fourth-order valence-corrected chi connectivity index (χ4v) is 6.89. The van der Waals surface area contributed by atoms with E-state index >= 15 is 0 Å². The summed E-state index contributed by atoms with van der Waals surface area (Å²) >= 11 is 0. The average molecular weight is 319 g/mol. The van der Waals surface area contributed by atoms with E-state index in [4.69, 9.17) is 0 Å². The van der Waals surface area contributed by atoms with Gasteiger partial charge in [-0.1, -0.05) is 12.1 Å². The Morgan fingerprint density at radius 1 is 1.25 bits per heavy atom. The molecule has 0 spiro atoms. The second-order valence-electron chi connectivity index (χ2n) is 5.29. The van der Waals surface area contributed by atoms with E-state index in [1.165, 1.54) is 28.6 Å². The van der Waals surface area contributed by atoms with Gasteiger partial charge in [0.05, 0.1) is 16.8 Å². The molecule has 20 heavy (non-hydrogen) atoms. The Bertz CT molecular complexity index is 727. The summed E-state index contributed by atoms with van der Waals surface area (Å²) in [5.74, 6) is -0.728. The average Bonchev–Trinajstić information content (AvgIpc) is 2.87. The van der Waals surface area contributed by atoms with Gasteiger partial charge in [-0.25, -0.2) is 21.2 Å². The Balaban J connectivity index is 1.79. The summed E-state index contributed by atoms with van der Waals surface area (Å²) < 4.78 is 62.0. The summed E-state index contributed by atoms with van der Waals surface area (Å²) in [6.45, 7) is 0.0521. The molecule has 110 valence electrons. The minimum absolute atomic E-state index is 0.0521. The van der Waals surface area contributed by atoms with Crippen molar-refractivity contribution in [1.29, 1.82) is 0 Å². The van der Waals surface area contributed by atoms with Crippen molar-refractivity contribution in [3.63, 3.8) is 0 Å². The highest BCUT2D eigenvalue weighted by atomic mass is 32.2. The normalized spacial score (nSPS) is 28.9. The van der Waals surface area contributed by atoms with Crippen molar-refractivity contribution >= 4 is 19.9 Å². The second kappa shape index (κ2) is 4.51. The molecule has 2 unspecified atom stereocenters. The Morgan fingerprint density at radius 2 is 1.90 bits per heavy atom. The largest absolute Gasteiger partial charge is 0.228 e. The smallest absolute Gasteiger partial charge is 0.218 e. The van der Waals surface area contributed by atoms with Crippen molar-refractivity contribution < 1.29 is 21.2 Å². The number of nitrogens with zero attached hydrogens (tertiary/aromatic N) is 1. The van der Waals surface area contributed by atoms with E-state index in [1.807, 2.05) is 0 Å². The monoisotopic (exact) mass is 319 g/mol. The third kappa shape index (κ3) is 2.36. The van der Waals surface area contributed by atoms with Gasteiger partial charge in [-0.05, 0) is 24.1 Å². The van der Waals surface area contributed by atoms with Gasteiger partial charge in [0, 0.05) is 12.6 Å². The number of rotatable bonds is 3. The van der Waals surface area contributed by atoms with Gasteiger partial charge in [0.25, 0.3) is 0 Å². The lowest BCUT2D eigenvalue weighted by Gasteiger charge is -2.26. The van der Waals surface area contributed by atoms with Crippen molar-refractivity contribution in [3.05, 3.63) is 35.6 Å². The quantitative estimate of drug-likeness (QED) is 0.815. The summed E-state index contributed by atoms with van der Waals surface area (Å²) in [6, 6.07) is 4.85. The van der Waals surface area contributed by atoms with E-state index in [2.05, 4.69) is 0 Å². The molecule has 2 saturated heterocycles. The van der Waals surface area contributed by atoms with E-state index in [9.17, 15) is 21.2 Å². The van der Waals surface area contributed by atoms with Crippen molar-refractivity contribution in [1.82, 2.24) is 4.31 Å². The first kappa shape index (κ1) is 14.0. The van der Waals surface area contributed by atoms with Gasteiger partial charge in [-0.15, -0.1) is 0 Å². The first-order valence-corrected chi connectivity index (χ1v) is 9.56. The van der Waals surface area contributed by atoms with Crippen LogP contribution >= 0.6 is 0 Å². The molecule has 1 aromatic rings. The first-order valence-electron chi connectivity index (χ1n) is 6.23. The molecule has 2 aliphatic heterocycles. The second-order valence-corrected chi connectivity index (χ2v) is 9.54. The first-order chi connectivity index (χ1) is 9.28. The minimum Gasteiger partial charge on any atom is -0.228 e. The van der Waals surface area contributed by atoms with Crippen LogP contribution in [0.15, 0.2) is 24.3 Å². The van der Waals surface area contributed by atoms with Crippen LogP contribution in [0.25, 0.3) is 0 Å². The summed E-state index contributed by atoms with van der Waals surface area (Å²) in [4.78, 5) is 0. The molecule has 0 aromatic heterocycles. The summed E-state index contributed by atoms with van der Waals surface area (Å²) in [5.41, 5.74) is 0.497. The molecule has 8 heteroatoms. The highest BCUT2D eigenvalue weighted by Crippen LogP contribution is 2.35. The number of fused-ring (bicyclic) bond motifs is 2. The molecular formula is C12H14FNO4S2. The fraction of sp³-hybridized carbons (Fsp3) is 0.500. The maximum absolute atomic E-state index is 12.8. The maximum Gasteiger partial charge on any atom is 0.218 e. The summed E-state index contributed by atoms with van der Waals surface area (Å²) in [7, 11) is -6.68. The lowest BCUT2D eigenvalue weighted by atomic mass is 10.2. The SMILES string of the molecule is O=S1(=O)CC2CC1CN2S(=O)(=O)Cc1ccc(F)cc1. The third-order valence-electron chi connectivity index (χ3n) is 3.88. The molecule has 0 saturated carbocycles. The minimum atomic E-state index is -3.56. The fourth-order valence-electron chi connectivity index (χ4n) is 2.88. The van der Waals surface area contributed by atoms with Gasteiger partial charge < -0.3 is 0 Å².